The Morgan fingerprint density at radius 3 is 2.64 bits per heavy atom. The van der Waals surface area contributed by atoms with Crippen LogP contribution in [0, 0.1) is 0 Å². The maximum Gasteiger partial charge on any atom is 0.181 e. The fourth-order valence-corrected chi connectivity index (χ4v) is 3.16. The molecule has 28 heavy (non-hydrogen) atoms. The zero-order chi connectivity index (χ0) is 19.3. The van der Waals surface area contributed by atoms with Crippen molar-refractivity contribution in [2.45, 2.75) is 39.7 Å². The topological polar surface area (TPSA) is 98.1 Å². The molecule has 0 radical (unpaired) electrons. The van der Waals surface area contributed by atoms with Crippen LogP contribution in [0.4, 0.5) is 0 Å². The van der Waals surface area contributed by atoms with Crippen LogP contribution in [0.1, 0.15) is 37.5 Å². The molecule has 4 aromatic rings. The molecule has 1 N–H and O–H groups in total. The predicted molar refractivity (Wildman–Crippen MR) is 105 cm³/mol. The lowest BCUT2D eigenvalue weighted by Crippen LogP contribution is -2.06. The van der Waals surface area contributed by atoms with Crippen LogP contribution < -0.4 is 0 Å². The first-order valence-electron chi connectivity index (χ1n) is 9.49. The third-order valence-corrected chi connectivity index (χ3v) is 4.54. The molecule has 0 bridgehead atoms. The molecule has 0 fully saturated rings. The number of hydrogen-bond donors (Lipinski definition) is 1. The summed E-state index contributed by atoms with van der Waals surface area (Å²) in [6.45, 7) is 5.13. The highest BCUT2D eigenvalue weighted by atomic mass is 15.5. The fourth-order valence-electron chi connectivity index (χ4n) is 3.16. The van der Waals surface area contributed by atoms with Gasteiger partial charge in [-0.15, -0.1) is 5.10 Å². The molecule has 0 aliphatic rings. The number of nitrogens with one attached hydrogen (secondary N) is 1. The van der Waals surface area contributed by atoms with Crippen molar-refractivity contribution in [3.05, 3.63) is 59.8 Å². The van der Waals surface area contributed by atoms with E-state index in [9.17, 15) is 0 Å². The summed E-state index contributed by atoms with van der Waals surface area (Å²) < 4.78 is 2.03. The van der Waals surface area contributed by atoms with E-state index in [1.165, 1.54) is 5.56 Å². The SMILES string of the molecule is CCCn1nc(CC)nc1Cc1ccc(-c2ncccc2-c2nnn[nH]2)cc1. The lowest BCUT2D eigenvalue weighted by Gasteiger charge is -2.08. The Kier molecular flexibility index (Phi) is 5.18. The highest BCUT2D eigenvalue weighted by molar-refractivity contribution is 5.76. The van der Waals surface area contributed by atoms with E-state index in [4.69, 9.17) is 0 Å². The monoisotopic (exact) mass is 374 g/mol. The normalized spacial score (nSPS) is 11.1. The molecule has 0 aliphatic carbocycles. The van der Waals surface area contributed by atoms with Gasteiger partial charge in [-0.1, -0.05) is 38.1 Å². The molecule has 3 heterocycles. The summed E-state index contributed by atoms with van der Waals surface area (Å²) in [7, 11) is 0. The Hall–Kier alpha value is -3.42. The molecular weight excluding hydrogens is 352 g/mol. The van der Waals surface area contributed by atoms with Crippen molar-refractivity contribution in [2.24, 2.45) is 0 Å². The van der Waals surface area contributed by atoms with Crippen LogP contribution in [0.5, 0.6) is 0 Å². The van der Waals surface area contributed by atoms with Crippen molar-refractivity contribution in [3.8, 4) is 22.6 Å². The van der Waals surface area contributed by atoms with E-state index in [-0.39, 0.29) is 0 Å². The van der Waals surface area contributed by atoms with E-state index in [0.717, 1.165) is 54.3 Å². The van der Waals surface area contributed by atoms with Crippen LogP contribution in [-0.4, -0.2) is 40.4 Å². The Balaban J connectivity index is 1.60. The summed E-state index contributed by atoms with van der Waals surface area (Å²) >= 11 is 0. The number of nitrogens with zero attached hydrogens (tertiary/aromatic N) is 7. The average Bonchev–Trinajstić information content (AvgIpc) is 3.39. The summed E-state index contributed by atoms with van der Waals surface area (Å²) in [5.74, 6) is 2.52. The van der Waals surface area contributed by atoms with Gasteiger partial charge in [0.2, 0.25) is 0 Å². The Labute approximate surface area is 163 Å². The van der Waals surface area contributed by atoms with Gasteiger partial charge in [0.15, 0.2) is 11.6 Å². The number of aromatic amines is 1. The van der Waals surface area contributed by atoms with Gasteiger partial charge < -0.3 is 0 Å². The van der Waals surface area contributed by atoms with E-state index in [1.807, 2.05) is 16.8 Å². The van der Waals surface area contributed by atoms with Gasteiger partial charge in [0, 0.05) is 36.7 Å². The third kappa shape index (κ3) is 3.66. The van der Waals surface area contributed by atoms with Crippen molar-refractivity contribution in [2.75, 3.05) is 0 Å². The fraction of sp³-hybridized carbons (Fsp3) is 0.300. The number of pyridine rings is 1. The van der Waals surface area contributed by atoms with Gasteiger partial charge >= 0.3 is 0 Å². The maximum absolute atomic E-state index is 4.68. The van der Waals surface area contributed by atoms with Crippen molar-refractivity contribution in [1.82, 2.24) is 40.4 Å². The van der Waals surface area contributed by atoms with Crippen molar-refractivity contribution < 1.29 is 0 Å². The van der Waals surface area contributed by atoms with Crippen LogP contribution in [0.15, 0.2) is 42.6 Å². The lowest BCUT2D eigenvalue weighted by atomic mass is 10.0. The van der Waals surface area contributed by atoms with E-state index < -0.39 is 0 Å². The number of H-pyrrole nitrogens is 1. The second-order valence-corrected chi connectivity index (χ2v) is 6.54. The number of benzene rings is 1. The number of tetrazole rings is 1. The molecular formula is C20H22N8. The van der Waals surface area contributed by atoms with E-state index in [1.54, 1.807) is 6.20 Å². The van der Waals surface area contributed by atoms with Gasteiger partial charge in [-0.2, -0.15) is 5.10 Å². The minimum absolute atomic E-state index is 0.604. The van der Waals surface area contributed by atoms with Crippen LogP contribution in [0.25, 0.3) is 22.6 Å². The standard InChI is InChI=1S/C20H22N8/c1-3-12-28-18(22-17(4-2)25-28)13-14-7-9-15(10-8-14)19-16(6-5-11-21-19)20-23-26-27-24-20/h5-11H,3-4,12-13H2,1-2H3,(H,23,24,26,27). The number of aromatic nitrogens is 8. The molecule has 4 rings (SSSR count). The van der Waals surface area contributed by atoms with Crippen LogP contribution >= 0.6 is 0 Å². The first-order chi connectivity index (χ1) is 13.8. The van der Waals surface area contributed by atoms with Crippen molar-refractivity contribution in [3.63, 3.8) is 0 Å². The second kappa shape index (κ2) is 8.08. The minimum Gasteiger partial charge on any atom is -0.255 e. The summed E-state index contributed by atoms with van der Waals surface area (Å²) in [5.41, 5.74) is 3.92. The van der Waals surface area contributed by atoms with Gasteiger partial charge in [0.1, 0.15) is 5.82 Å². The quantitative estimate of drug-likeness (QED) is 0.534. The van der Waals surface area contributed by atoms with E-state index in [2.05, 4.69) is 73.8 Å². The van der Waals surface area contributed by atoms with Crippen molar-refractivity contribution >= 4 is 0 Å². The summed E-state index contributed by atoms with van der Waals surface area (Å²) in [6, 6.07) is 12.2. The third-order valence-electron chi connectivity index (χ3n) is 4.54. The molecule has 0 atom stereocenters. The minimum atomic E-state index is 0.604. The smallest absolute Gasteiger partial charge is 0.181 e. The number of hydrogen-bond acceptors (Lipinski definition) is 6. The van der Waals surface area contributed by atoms with Crippen LogP contribution in [0.3, 0.4) is 0 Å². The largest absolute Gasteiger partial charge is 0.255 e. The molecule has 3 aromatic heterocycles. The molecule has 0 amide bonds. The highest BCUT2D eigenvalue weighted by Crippen LogP contribution is 2.27. The van der Waals surface area contributed by atoms with Crippen LogP contribution in [-0.2, 0) is 19.4 Å². The summed E-state index contributed by atoms with van der Waals surface area (Å²) in [5, 5.41) is 18.7. The lowest BCUT2D eigenvalue weighted by molar-refractivity contribution is 0.571. The highest BCUT2D eigenvalue weighted by Gasteiger charge is 2.13. The molecule has 0 saturated heterocycles. The van der Waals surface area contributed by atoms with E-state index in [0.29, 0.717) is 5.82 Å². The van der Waals surface area contributed by atoms with Gasteiger partial charge in [0.05, 0.1) is 5.69 Å². The summed E-state index contributed by atoms with van der Waals surface area (Å²) in [6.07, 6.45) is 4.42. The first kappa shape index (κ1) is 18.0. The van der Waals surface area contributed by atoms with Gasteiger partial charge in [-0.05, 0) is 34.5 Å². The first-order valence-corrected chi connectivity index (χ1v) is 9.49. The van der Waals surface area contributed by atoms with Gasteiger partial charge in [0.25, 0.3) is 0 Å². The Morgan fingerprint density at radius 2 is 1.93 bits per heavy atom. The van der Waals surface area contributed by atoms with Crippen molar-refractivity contribution in [1.29, 1.82) is 0 Å². The number of rotatable bonds is 7. The Bertz CT molecular complexity index is 1030. The van der Waals surface area contributed by atoms with E-state index >= 15 is 0 Å². The molecule has 142 valence electrons. The predicted octanol–water partition coefficient (Wildman–Crippen LogP) is 3.08. The molecule has 8 heteroatoms. The molecule has 0 spiro atoms. The zero-order valence-corrected chi connectivity index (χ0v) is 16.0. The summed E-state index contributed by atoms with van der Waals surface area (Å²) in [4.78, 5) is 9.21. The van der Waals surface area contributed by atoms with Gasteiger partial charge in [-0.25, -0.2) is 14.8 Å². The maximum atomic E-state index is 4.68. The molecule has 0 aliphatic heterocycles. The molecule has 0 saturated carbocycles. The van der Waals surface area contributed by atoms with Crippen LogP contribution in [0.2, 0.25) is 0 Å². The number of aryl methyl sites for hydroxylation is 2. The Morgan fingerprint density at radius 1 is 1.07 bits per heavy atom. The molecule has 0 unspecified atom stereocenters. The average molecular weight is 374 g/mol. The molecule has 8 nitrogen and oxygen atoms in total. The van der Waals surface area contributed by atoms with Gasteiger partial charge in [-0.3, -0.25) is 4.98 Å². The molecule has 1 aromatic carbocycles. The second-order valence-electron chi connectivity index (χ2n) is 6.54. The zero-order valence-electron chi connectivity index (χ0n) is 16.0.